The number of unbranched alkanes of at least 4 members (excludes halogenated alkanes) is 4. The first-order chi connectivity index (χ1) is 18.1. The molecule has 3 rings (SSSR count). The van der Waals surface area contributed by atoms with Crippen LogP contribution in [-0.4, -0.2) is 18.7 Å². The maximum atomic E-state index is 12.1. The predicted octanol–water partition coefficient (Wildman–Crippen LogP) is 9.31. The highest BCUT2D eigenvalue weighted by Gasteiger charge is 2.18. The molecule has 0 fully saturated rings. The highest BCUT2D eigenvalue weighted by molar-refractivity contribution is 6.00. The number of rotatable bonds is 8. The molecular weight excluding hydrogens is 473 g/mol. The fourth-order valence-electron chi connectivity index (χ4n) is 3.64. The quantitative estimate of drug-likeness (QED) is 0.236. The number of fused-ring (bicyclic) bond motifs is 1. The Labute approximate surface area is 231 Å². The zero-order valence-electron chi connectivity index (χ0n) is 25.0. The molecular formula is C34H50FNO2. The van der Waals surface area contributed by atoms with Crippen LogP contribution in [0.3, 0.4) is 0 Å². The Balaban J connectivity index is 0.000000492. The number of benzene rings is 3. The van der Waals surface area contributed by atoms with Gasteiger partial charge in [0.05, 0.1) is 5.92 Å². The summed E-state index contributed by atoms with van der Waals surface area (Å²) >= 11 is 0. The van der Waals surface area contributed by atoms with Crippen molar-refractivity contribution in [2.24, 2.45) is 5.92 Å². The van der Waals surface area contributed by atoms with Gasteiger partial charge in [-0.05, 0) is 68.1 Å². The standard InChI is InChI=1S/C12H12.C8H15NO2.C7H7F.C7H16/c1-9-7-8-10(2)12-6-4-3-5-11(9)12;1-4-5-7(10)6(2)8(11)9-3;1-6-2-4-7(8)5-3-6;1-3-5-7-6-4-2/h3-8H,1-2H3;6H,4-5H2,1-3H3,(H,9,11);2-5H,1H3;3-7H2,1-2H3. The van der Waals surface area contributed by atoms with Crippen molar-refractivity contribution in [3.8, 4) is 0 Å². The Morgan fingerprint density at radius 2 is 1.21 bits per heavy atom. The van der Waals surface area contributed by atoms with Crippen LogP contribution in [0.1, 0.15) is 89.3 Å². The van der Waals surface area contributed by atoms with E-state index in [1.54, 1.807) is 19.1 Å². The van der Waals surface area contributed by atoms with E-state index in [0.717, 1.165) is 12.0 Å². The molecule has 1 amide bonds. The zero-order chi connectivity index (χ0) is 28.9. The molecule has 0 bridgehead atoms. The molecule has 0 saturated heterocycles. The molecule has 1 N–H and O–H groups in total. The number of amides is 1. The van der Waals surface area contributed by atoms with Gasteiger partial charge in [0.1, 0.15) is 11.6 Å². The van der Waals surface area contributed by atoms with E-state index < -0.39 is 5.92 Å². The molecule has 0 heterocycles. The largest absolute Gasteiger partial charge is 0.359 e. The zero-order valence-corrected chi connectivity index (χ0v) is 25.0. The molecule has 0 spiro atoms. The lowest BCUT2D eigenvalue weighted by Gasteiger charge is -2.06. The Kier molecular flexibility index (Phi) is 19.3. The fraction of sp³-hybridized carbons (Fsp3) is 0.471. The number of carbonyl (C=O) groups excluding carboxylic acids is 2. The van der Waals surface area contributed by atoms with E-state index in [4.69, 9.17) is 0 Å². The molecule has 0 saturated carbocycles. The van der Waals surface area contributed by atoms with E-state index >= 15 is 0 Å². The van der Waals surface area contributed by atoms with Gasteiger partial charge in [0.15, 0.2) is 0 Å². The van der Waals surface area contributed by atoms with Gasteiger partial charge in [-0.1, -0.05) is 107 Å². The number of aryl methyl sites for hydroxylation is 3. The van der Waals surface area contributed by atoms with Crippen LogP contribution in [0, 0.1) is 32.5 Å². The van der Waals surface area contributed by atoms with Crippen LogP contribution < -0.4 is 5.32 Å². The van der Waals surface area contributed by atoms with Crippen LogP contribution in [0.4, 0.5) is 4.39 Å². The molecule has 3 nitrogen and oxygen atoms in total. The van der Waals surface area contributed by atoms with Gasteiger partial charge >= 0.3 is 0 Å². The van der Waals surface area contributed by atoms with E-state index in [-0.39, 0.29) is 17.5 Å². The van der Waals surface area contributed by atoms with Crippen molar-refractivity contribution in [2.45, 2.75) is 93.4 Å². The molecule has 38 heavy (non-hydrogen) atoms. The van der Waals surface area contributed by atoms with Crippen molar-refractivity contribution in [3.05, 3.63) is 83.2 Å². The number of halogens is 1. The van der Waals surface area contributed by atoms with Crippen molar-refractivity contribution >= 4 is 22.5 Å². The highest BCUT2D eigenvalue weighted by atomic mass is 19.1. The monoisotopic (exact) mass is 523 g/mol. The third-order valence-electron chi connectivity index (χ3n) is 6.20. The average molecular weight is 524 g/mol. The summed E-state index contributed by atoms with van der Waals surface area (Å²) < 4.78 is 12.1. The molecule has 3 aromatic rings. The van der Waals surface area contributed by atoms with Gasteiger partial charge in [0.2, 0.25) is 5.91 Å². The second-order valence-corrected chi connectivity index (χ2v) is 9.65. The summed E-state index contributed by atoms with van der Waals surface area (Å²) in [7, 11) is 1.54. The summed E-state index contributed by atoms with van der Waals surface area (Å²) in [5.41, 5.74) is 3.80. The van der Waals surface area contributed by atoms with E-state index in [0.29, 0.717) is 6.42 Å². The summed E-state index contributed by atoms with van der Waals surface area (Å²) in [5.74, 6) is -0.828. The minimum Gasteiger partial charge on any atom is -0.359 e. The SMILES string of the molecule is CCCC(=O)C(C)C(=O)NC.CCCCCCC.Cc1ccc(C)c2ccccc12.Cc1ccc(F)cc1. The second-order valence-electron chi connectivity index (χ2n) is 9.65. The molecule has 0 aliphatic heterocycles. The maximum absolute atomic E-state index is 12.1. The molecule has 1 atom stereocenters. The summed E-state index contributed by atoms with van der Waals surface area (Å²) in [5, 5.41) is 5.19. The first-order valence-corrected chi connectivity index (χ1v) is 14.0. The van der Waals surface area contributed by atoms with E-state index in [2.05, 4.69) is 69.4 Å². The lowest BCUT2D eigenvalue weighted by molar-refractivity contribution is -0.133. The first-order valence-electron chi connectivity index (χ1n) is 14.0. The predicted molar refractivity (Wildman–Crippen MR) is 162 cm³/mol. The summed E-state index contributed by atoms with van der Waals surface area (Å²) in [6.45, 7) is 14.3. The molecule has 1 unspecified atom stereocenters. The molecule has 3 aromatic carbocycles. The Hall–Kier alpha value is -3.01. The lowest BCUT2D eigenvalue weighted by Crippen LogP contribution is -2.30. The van der Waals surface area contributed by atoms with Crippen LogP contribution in [0.5, 0.6) is 0 Å². The third-order valence-corrected chi connectivity index (χ3v) is 6.20. The fourth-order valence-corrected chi connectivity index (χ4v) is 3.64. The van der Waals surface area contributed by atoms with Gasteiger partial charge in [-0.2, -0.15) is 0 Å². The van der Waals surface area contributed by atoms with Gasteiger partial charge in [-0.15, -0.1) is 0 Å². The van der Waals surface area contributed by atoms with Crippen molar-refractivity contribution in [3.63, 3.8) is 0 Å². The Morgan fingerprint density at radius 3 is 1.58 bits per heavy atom. The first kappa shape index (κ1) is 35.0. The third kappa shape index (κ3) is 14.7. The Morgan fingerprint density at radius 1 is 0.737 bits per heavy atom. The second kappa shape index (κ2) is 21.0. The van der Waals surface area contributed by atoms with Gasteiger partial charge in [0, 0.05) is 13.5 Å². The maximum Gasteiger partial charge on any atom is 0.230 e. The minimum absolute atomic E-state index is 0.0202. The number of nitrogens with one attached hydrogen (secondary N) is 1. The van der Waals surface area contributed by atoms with Crippen molar-refractivity contribution in [1.29, 1.82) is 0 Å². The smallest absolute Gasteiger partial charge is 0.230 e. The Bertz CT molecular complexity index is 994. The number of carbonyl (C=O) groups is 2. The number of hydrogen-bond donors (Lipinski definition) is 1. The van der Waals surface area contributed by atoms with Crippen LogP contribution >= 0.6 is 0 Å². The van der Waals surface area contributed by atoms with Crippen molar-refractivity contribution in [1.82, 2.24) is 5.32 Å². The minimum atomic E-state index is -0.486. The number of hydrogen-bond acceptors (Lipinski definition) is 2. The van der Waals surface area contributed by atoms with Crippen molar-refractivity contribution in [2.75, 3.05) is 7.05 Å². The topological polar surface area (TPSA) is 46.2 Å². The van der Waals surface area contributed by atoms with Crippen LogP contribution in [0.15, 0.2) is 60.7 Å². The van der Waals surface area contributed by atoms with Crippen molar-refractivity contribution < 1.29 is 14.0 Å². The molecule has 4 heteroatoms. The summed E-state index contributed by atoms with van der Waals surface area (Å²) in [6.07, 6.45) is 8.31. The normalized spacial score (nSPS) is 10.6. The van der Waals surface area contributed by atoms with Gasteiger partial charge in [-0.3, -0.25) is 9.59 Å². The number of ketones is 1. The molecule has 0 aliphatic carbocycles. The van der Waals surface area contributed by atoms with E-state index in [9.17, 15) is 14.0 Å². The molecule has 0 aromatic heterocycles. The lowest BCUT2D eigenvalue weighted by atomic mass is 10.0. The summed E-state index contributed by atoms with van der Waals surface area (Å²) in [6, 6.07) is 19.3. The van der Waals surface area contributed by atoms with Crippen LogP contribution in [-0.2, 0) is 9.59 Å². The van der Waals surface area contributed by atoms with Gasteiger partial charge in [-0.25, -0.2) is 4.39 Å². The van der Waals surface area contributed by atoms with E-state index in [1.807, 2.05) is 13.8 Å². The van der Waals surface area contributed by atoms with Gasteiger partial charge < -0.3 is 5.32 Å². The highest BCUT2D eigenvalue weighted by Crippen LogP contribution is 2.21. The molecule has 0 aliphatic rings. The molecule has 210 valence electrons. The number of Topliss-reactive ketones (excluding diaryl/α,β-unsaturated/α-hetero) is 1. The van der Waals surface area contributed by atoms with Crippen LogP contribution in [0.25, 0.3) is 10.8 Å². The average Bonchev–Trinajstić information content (AvgIpc) is 2.93. The summed E-state index contributed by atoms with van der Waals surface area (Å²) in [4.78, 5) is 22.0. The molecule has 0 radical (unpaired) electrons. The van der Waals surface area contributed by atoms with E-state index in [1.165, 1.54) is 73.2 Å². The van der Waals surface area contributed by atoms with Gasteiger partial charge in [0.25, 0.3) is 0 Å². The van der Waals surface area contributed by atoms with Crippen LogP contribution in [0.2, 0.25) is 0 Å².